The predicted octanol–water partition coefficient (Wildman–Crippen LogP) is 2.42. The minimum atomic E-state index is -4.68. The molecule has 2 N–H and O–H groups in total. The van der Waals surface area contributed by atoms with Crippen molar-refractivity contribution < 1.29 is 22.7 Å². The van der Waals surface area contributed by atoms with Gasteiger partial charge in [0.2, 0.25) is 5.88 Å². The molecule has 1 amide bonds. The van der Waals surface area contributed by atoms with E-state index in [2.05, 4.69) is 25.0 Å². The quantitative estimate of drug-likeness (QED) is 0.609. The van der Waals surface area contributed by atoms with Crippen molar-refractivity contribution in [3.05, 3.63) is 48.4 Å². The number of primary amides is 1. The number of alkyl halides is 3. The van der Waals surface area contributed by atoms with E-state index in [0.29, 0.717) is 5.56 Å². The molecule has 0 atom stereocenters. The second kappa shape index (κ2) is 8.27. The number of aromatic nitrogens is 6. The van der Waals surface area contributed by atoms with E-state index in [-0.39, 0.29) is 28.9 Å². The number of ether oxygens (including phenoxy) is 1. The molecule has 0 aliphatic rings. The molecule has 0 radical (unpaired) electrons. The summed E-state index contributed by atoms with van der Waals surface area (Å²) in [4.78, 5) is 26.9. The molecule has 0 bridgehead atoms. The Kier molecular flexibility index (Phi) is 5.76. The molecular weight excluding hydrogens is 403 g/mol. The summed E-state index contributed by atoms with van der Waals surface area (Å²) < 4.78 is 46.1. The van der Waals surface area contributed by atoms with Crippen molar-refractivity contribution in [1.29, 1.82) is 0 Å². The van der Waals surface area contributed by atoms with Crippen LogP contribution in [0.15, 0.2) is 37.2 Å². The van der Waals surface area contributed by atoms with Crippen LogP contribution in [-0.4, -0.2) is 41.7 Å². The molecule has 0 saturated carbocycles. The highest BCUT2D eigenvalue weighted by Crippen LogP contribution is 2.32. The van der Waals surface area contributed by atoms with E-state index in [4.69, 9.17) is 10.5 Å². The molecule has 9 nitrogen and oxygen atoms in total. The first-order chi connectivity index (χ1) is 14.1. The van der Waals surface area contributed by atoms with Crippen molar-refractivity contribution in [3.63, 3.8) is 0 Å². The zero-order valence-electron chi connectivity index (χ0n) is 15.8. The molecule has 0 spiro atoms. The number of nitrogens with two attached hydrogens (primary N) is 1. The summed E-state index contributed by atoms with van der Waals surface area (Å²) in [6.45, 7) is 3.33. The van der Waals surface area contributed by atoms with Crippen LogP contribution in [0.4, 0.5) is 13.2 Å². The smallest absolute Gasteiger partial charge is 0.433 e. The van der Waals surface area contributed by atoms with Crippen molar-refractivity contribution >= 4 is 17.7 Å². The highest BCUT2D eigenvalue weighted by atomic mass is 19.4. The van der Waals surface area contributed by atoms with Crippen LogP contribution in [0.5, 0.6) is 5.88 Å². The van der Waals surface area contributed by atoms with Gasteiger partial charge in [0.1, 0.15) is 18.3 Å². The lowest BCUT2D eigenvalue weighted by Crippen LogP contribution is -2.14. The number of hydrogen-bond acceptors (Lipinski definition) is 7. The summed E-state index contributed by atoms with van der Waals surface area (Å²) in [5, 5.41) is 4.10. The van der Waals surface area contributed by atoms with Gasteiger partial charge < -0.3 is 10.5 Å². The topological polar surface area (TPSA) is 122 Å². The Balaban J connectivity index is 2.02. The Morgan fingerprint density at radius 2 is 1.93 bits per heavy atom. The maximum absolute atomic E-state index is 13.2. The average Bonchev–Trinajstić information content (AvgIpc) is 3.14. The van der Waals surface area contributed by atoms with Gasteiger partial charge in [-0.2, -0.15) is 13.2 Å². The first kappa shape index (κ1) is 20.9. The van der Waals surface area contributed by atoms with E-state index >= 15 is 0 Å². The number of rotatable bonds is 6. The van der Waals surface area contributed by atoms with E-state index < -0.39 is 17.8 Å². The summed E-state index contributed by atoms with van der Waals surface area (Å²) in [7, 11) is 0. The monoisotopic (exact) mass is 419 g/mol. The minimum Gasteiger partial charge on any atom is -0.475 e. The lowest BCUT2D eigenvalue weighted by molar-refractivity contribution is -0.141. The van der Waals surface area contributed by atoms with Gasteiger partial charge in [0.25, 0.3) is 5.91 Å². The predicted molar refractivity (Wildman–Crippen MR) is 99.4 cm³/mol. The Hall–Kier alpha value is -3.83. The number of nitrogens with zero attached hydrogens (tertiary/aromatic N) is 6. The Bertz CT molecular complexity index is 1080. The van der Waals surface area contributed by atoms with Crippen molar-refractivity contribution in [2.24, 2.45) is 5.73 Å². The van der Waals surface area contributed by atoms with Gasteiger partial charge in [0, 0.05) is 35.8 Å². The molecule has 0 aliphatic carbocycles. The van der Waals surface area contributed by atoms with Gasteiger partial charge in [0.05, 0.1) is 11.7 Å². The number of pyridine rings is 1. The molecule has 0 unspecified atom stereocenters. The van der Waals surface area contributed by atoms with E-state index in [0.717, 1.165) is 10.7 Å². The first-order valence-electron chi connectivity index (χ1n) is 8.58. The molecule has 3 aromatic heterocycles. The van der Waals surface area contributed by atoms with Gasteiger partial charge in [-0.05, 0) is 19.9 Å². The van der Waals surface area contributed by atoms with Gasteiger partial charge in [-0.1, -0.05) is 0 Å². The number of halogens is 3. The maximum atomic E-state index is 13.2. The van der Waals surface area contributed by atoms with Gasteiger partial charge in [-0.3, -0.25) is 4.79 Å². The largest absolute Gasteiger partial charge is 0.475 e. The van der Waals surface area contributed by atoms with Crippen LogP contribution in [0.1, 0.15) is 25.1 Å². The summed E-state index contributed by atoms with van der Waals surface area (Å²) in [6, 6.07) is 2.12. The second-order valence-electron chi connectivity index (χ2n) is 6.33. The summed E-state index contributed by atoms with van der Waals surface area (Å²) in [5.41, 5.74) is 4.69. The average molecular weight is 419 g/mol. The molecule has 0 aromatic carbocycles. The van der Waals surface area contributed by atoms with Crippen molar-refractivity contribution in [3.8, 4) is 17.3 Å². The van der Waals surface area contributed by atoms with Crippen LogP contribution in [0.25, 0.3) is 23.2 Å². The standard InChI is InChI=1S/C18H16F3N7O2/c1-10(2)30-15-4-11(3-14(26-15)18(19,20)21)17-25-9-28(27-17)7-13(16(22)29)12-5-23-8-24-6-12/h3-10H,1-2H3,(H2,22,29)/b13-7+. The van der Waals surface area contributed by atoms with Gasteiger partial charge in [-0.25, -0.2) is 24.6 Å². The van der Waals surface area contributed by atoms with E-state index in [1.165, 1.54) is 37.3 Å². The third-order valence-electron chi connectivity index (χ3n) is 3.61. The minimum absolute atomic E-state index is 0.0270. The normalized spacial score (nSPS) is 12.3. The highest BCUT2D eigenvalue weighted by Gasteiger charge is 2.34. The zero-order chi connectivity index (χ0) is 21.9. The lowest BCUT2D eigenvalue weighted by Gasteiger charge is -2.13. The van der Waals surface area contributed by atoms with Crippen molar-refractivity contribution in [2.45, 2.75) is 26.1 Å². The van der Waals surface area contributed by atoms with Crippen molar-refractivity contribution in [1.82, 2.24) is 29.7 Å². The van der Waals surface area contributed by atoms with E-state index in [9.17, 15) is 18.0 Å². The van der Waals surface area contributed by atoms with Gasteiger partial charge in [0.15, 0.2) is 5.82 Å². The summed E-state index contributed by atoms with van der Waals surface area (Å²) >= 11 is 0. The molecule has 12 heteroatoms. The number of carbonyl (C=O) groups is 1. The van der Waals surface area contributed by atoms with E-state index in [1.54, 1.807) is 13.8 Å². The molecule has 3 rings (SSSR count). The number of hydrogen-bond donors (Lipinski definition) is 1. The number of amides is 1. The maximum Gasteiger partial charge on any atom is 0.433 e. The zero-order valence-corrected chi connectivity index (χ0v) is 15.8. The van der Waals surface area contributed by atoms with Crippen LogP contribution >= 0.6 is 0 Å². The lowest BCUT2D eigenvalue weighted by atomic mass is 10.1. The third kappa shape index (κ3) is 4.96. The molecular formula is C18H16F3N7O2. The Morgan fingerprint density at radius 3 is 2.53 bits per heavy atom. The second-order valence-corrected chi connectivity index (χ2v) is 6.33. The van der Waals surface area contributed by atoms with Crippen LogP contribution in [0.3, 0.4) is 0 Å². The first-order valence-corrected chi connectivity index (χ1v) is 8.58. The van der Waals surface area contributed by atoms with Crippen LogP contribution < -0.4 is 10.5 Å². The van der Waals surface area contributed by atoms with Crippen LogP contribution in [0.2, 0.25) is 0 Å². The Morgan fingerprint density at radius 1 is 1.23 bits per heavy atom. The van der Waals surface area contributed by atoms with E-state index in [1.807, 2.05) is 0 Å². The molecule has 30 heavy (non-hydrogen) atoms. The van der Waals surface area contributed by atoms with Crippen molar-refractivity contribution in [2.75, 3.05) is 0 Å². The fourth-order valence-corrected chi connectivity index (χ4v) is 2.40. The molecule has 3 heterocycles. The highest BCUT2D eigenvalue weighted by molar-refractivity contribution is 6.22. The summed E-state index contributed by atoms with van der Waals surface area (Å²) in [5.74, 6) is -1.00. The molecule has 0 saturated heterocycles. The van der Waals surface area contributed by atoms with Gasteiger partial charge >= 0.3 is 6.18 Å². The SMILES string of the molecule is CC(C)Oc1cc(-c2ncn(/C=C(/C(N)=O)c3cncnc3)n2)cc(C(F)(F)F)n1. The molecule has 3 aromatic rings. The summed E-state index contributed by atoms with van der Waals surface area (Å²) in [6.07, 6.45) is 1.49. The van der Waals surface area contributed by atoms with Crippen LogP contribution in [0, 0.1) is 0 Å². The molecule has 0 aliphatic heterocycles. The molecule has 0 fully saturated rings. The fraction of sp³-hybridized carbons (Fsp3) is 0.222. The number of carbonyl (C=O) groups excluding carboxylic acids is 1. The molecule has 156 valence electrons. The third-order valence-corrected chi connectivity index (χ3v) is 3.61. The van der Waals surface area contributed by atoms with Gasteiger partial charge in [-0.15, -0.1) is 5.10 Å². The van der Waals surface area contributed by atoms with Crippen LogP contribution in [-0.2, 0) is 11.0 Å². The Labute approximate surface area is 168 Å². The fourth-order valence-electron chi connectivity index (χ4n) is 2.40.